The summed E-state index contributed by atoms with van der Waals surface area (Å²) in [4.78, 5) is 5.63. The van der Waals surface area contributed by atoms with E-state index in [0.717, 1.165) is 55.5 Å². The van der Waals surface area contributed by atoms with Gasteiger partial charge in [-0.2, -0.15) is 0 Å². The molecule has 94 heavy (non-hydrogen) atoms. The van der Waals surface area contributed by atoms with Crippen LogP contribution in [0.5, 0.6) is 0 Å². The maximum atomic E-state index is 5.63. The fraction of sp³-hybridized carbons (Fsp3) is 0.0326. The lowest BCUT2D eigenvalue weighted by Crippen LogP contribution is -2.25. The maximum Gasteiger partial charge on any atom is 0.0743 e. The van der Waals surface area contributed by atoms with E-state index in [2.05, 4.69) is 327 Å². The van der Waals surface area contributed by atoms with Gasteiger partial charge in [-0.15, -0.1) is 0 Å². The second-order valence-electron chi connectivity index (χ2n) is 26.1. The van der Waals surface area contributed by atoms with E-state index in [4.69, 9.17) is 11.6 Å². The molecule has 0 radical (unpaired) electrons. The third-order valence-corrected chi connectivity index (χ3v) is 21.6. The van der Waals surface area contributed by atoms with Crippen LogP contribution in [0, 0.1) is 6.92 Å². The molecular formula is C92H58N2. The summed E-state index contributed by atoms with van der Waals surface area (Å²) in [7, 11) is 0. The van der Waals surface area contributed by atoms with Gasteiger partial charge < -0.3 is 4.57 Å². The number of aromatic nitrogens is 1. The molecule has 2 heteroatoms. The Balaban J connectivity index is 0.742. The van der Waals surface area contributed by atoms with Crippen LogP contribution in [0.2, 0.25) is 0 Å². The Hall–Kier alpha value is -12.0. The normalized spacial score (nSPS) is 13.8. The average Bonchev–Trinajstić information content (AvgIpc) is 1.52. The Morgan fingerprint density at radius 1 is 0.298 bits per heavy atom. The molecule has 15 aromatic carbocycles. The highest BCUT2D eigenvalue weighted by Crippen LogP contribution is 2.65. The first-order valence-electron chi connectivity index (χ1n) is 32.8. The van der Waals surface area contributed by atoms with Gasteiger partial charge in [-0.05, 0) is 223 Å². The van der Waals surface area contributed by atoms with E-state index in [1.165, 1.54) is 138 Å². The molecule has 0 saturated heterocycles. The summed E-state index contributed by atoms with van der Waals surface area (Å²) < 4.78 is 2.37. The van der Waals surface area contributed by atoms with Crippen molar-refractivity contribution in [3.05, 3.63) is 378 Å². The van der Waals surface area contributed by atoms with Crippen LogP contribution in [-0.2, 0) is 10.8 Å². The number of aryl methyl sites for hydroxylation is 1. The molecule has 436 valence electrons. The molecule has 0 fully saturated rings. The lowest BCUT2D eigenvalue weighted by Gasteiger charge is -2.30. The molecule has 0 N–H and O–H groups in total. The van der Waals surface area contributed by atoms with Gasteiger partial charge in [0, 0.05) is 28.1 Å². The van der Waals surface area contributed by atoms with Gasteiger partial charge in [0.1, 0.15) is 0 Å². The zero-order valence-corrected chi connectivity index (χ0v) is 51.7. The average molecular weight is 1190 g/mol. The smallest absolute Gasteiger partial charge is 0.0743 e. The summed E-state index contributed by atoms with van der Waals surface area (Å²) in [6, 6.07) is 118. The van der Waals surface area contributed by atoms with Crippen LogP contribution in [0.1, 0.15) is 55.6 Å². The van der Waals surface area contributed by atoms with Gasteiger partial charge in [0.05, 0.1) is 27.6 Å². The van der Waals surface area contributed by atoms with Gasteiger partial charge >= 0.3 is 0 Å². The minimum atomic E-state index is -0.450. The van der Waals surface area contributed by atoms with Crippen molar-refractivity contribution in [1.29, 1.82) is 0 Å². The summed E-state index contributed by atoms with van der Waals surface area (Å²) >= 11 is 0. The van der Waals surface area contributed by atoms with Gasteiger partial charge in [0.25, 0.3) is 0 Å². The number of hydrogen-bond donors (Lipinski definition) is 0. The van der Waals surface area contributed by atoms with Gasteiger partial charge in [0.15, 0.2) is 0 Å². The number of para-hydroxylation sites is 2. The molecule has 1 heterocycles. The summed E-state index contributed by atoms with van der Waals surface area (Å²) in [6.07, 6.45) is 2.00. The fourth-order valence-corrected chi connectivity index (χ4v) is 17.6. The molecule has 0 unspecified atom stereocenters. The van der Waals surface area contributed by atoms with Crippen LogP contribution in [0.15, 0.2) is 327 Å². The Kier molecular flexibility index (Phi) is 11.1. The highest BCUT2D eigenvalue weighted by molar-refractivity contribution is 6.19. The van der Waals surface area contributed by atoms with Crippen LogP contribution in [0.25, 0.3) is 132 Å². The van der Waals surface area contributed by atoms with Crippen molar-refractivity contribution in [2.75, 3.05) is 0 Å². The van der Waals surface area contributed by atoms with Crippen molar-refractivity contribution in [3.63, 3.8) is 0 Å². The molecule has 1 aromatic heterocycles. The van der Waals surface area contributed by atoms with Gasteiger partial charge in [-0.3, -0.25) is 4.99 Å². The second kappa shape index (κ2) is 19.8. The molecule has 20 rings (SSSR count). The molecule has 0 atom stereocenters. The Bertz CT molecular complexity index is 5900. The van der Waals surface area contributed by atoms with E-state index >= 15 is 0 Å². The lowest BCUT2D eigenvalue weighted by molar-refractivity contribution is 0.794. The zero-order chi connectivity index (χ0) is 62.0. The van der Waals surface area contributed by atoms with Crippen LogP contribution < -0.4 is 0 Å². The predicted molar refractivity (Wildman–Crippen MR) is 393 cm³/mol. The highest BCUT2D eigenvalue weighted by atomic mass is 15.0. The summed E-state index contributed by atoms with van der Waals surface area (Å²) in [6.45, 7) is 7.03. The number of allylic oxidation sites excluding steroid dienone is 1. The molecule has 4 aliphatic carbocycles. The van der Waals surface area contributed by atoms with Crippen molar-refractivity contribution in [2.45, 2.75) is 17.8 Å². The first kappa shape index (κ1) is 52.8. The minimum Gasteiger partial charge on any atom is -0.309 e. The van der Waals surface area contributed by atoms with Gasteiger partial charge in [-0.25, -0.2) is 0 Å². The Morgan fingerprint density at radius 2 is 0.681 bits per heavy atom. The van der Waals surface area contributed by atoms with Crippen LogP contribution in [0.3, 0.4) is 0 Å². The quantitative estimate of drug-likeness (QED) is 0.112. The van der Waals surface area contributed by atoms with Crippen molar-refractivity contribution >= 4 is 60.8 Å². The van der Waals surface area contributed by atoms with E-state index in [-0.39, 0.29) is 0 Å². The third kappa shape index (κ3) is 7.12. The number of benzene rings is 15. The van der Waals surface area contributed by atoms with E-state index in [1.807, 2.05) is 6.21 Å². The van der Waals surface area contributed by atoms with Crippen molar-refractivity contribution < 1.29 is 0 Å². The number of hydrogen-bond acceptors (Lipinski definition) is 1. The van der Waals surface area contributed by atoms with E-state index < -0.39 is 10.8 Å². The Morgan fingerprint density at radius 3 is 1.20 bits per heavy atom. The lowest BCUT2D eigenvalue weighted by atomic mass is 9.70. The standard InChI is InChI=1S/C92H58N2/c1-56(58-21-20-22-59(49-58)62-43-48-89-78(51-62)76-31-12-19-38-88(76)94(89)65-23-4-3-5-24-65)55-93-90-57(2)77-50-60(63-41-46-74-72-29-10-17-36-84(72)91(86(74)53-63)80-32-13-6-25-68(80)69-26-7-14-33-81(69)91)39-44-66(77)67-45-40-61(52-79(67)90)64-42-47-75-73-30-11-18-37-85(73)92(87(75)54-64)82-34-15-8-27-70(82)71-28-9-16-35-83(71)92/h3-55H,1H2,2H3. The topological polar surface area (TPSA) is 17.3 Å². The highest BCUT2D eigenvalue weighted by Gasteiger charge is 2.53. The largest absolute Gasteiger partial charge is 0.309 e. The second-order valence-corrected chi connectivity index (χ2v) is 26.1. The minimum absolute atomic E-state index is 0.438. The molecule has 0 aliphatic heterocycles. The van der Waals surface area contributed by atoms with E-state index in [9.17, 15) is 0 Å². The van der Waals surface area contributed by atoms with Crippen molar-refractivity contribution in [2.24, 2.45) is 4.99 Å². The molecular weight excluding hydrogens is 1130 g/mol. The fourth-order valence-electron chi connectivity index (χ4n) is 17.6. The molecule has 0 amide bonds. The van der Waals surface area contributed by atoms with Crippen molar-refractivity contribution in [1.82, 2.24) is 4.57 Å². The summed E-state index contributed by atoms with van der Waals surface area (Å²) in [5.74, 6) is 0. The van der Waals surface area contributed by atoms with Crippen LogP contribution in [0.4, 0.5) is 5.69 Å². The van der Waals surface area contributed by atoms with Gasteiger partial charge in [-0.1, -0.05) is 261 Å². The zero-order valence-electron chi connectivity index (χ0n) is 51.7. The molecule has 0 bridgehead atoms. The molecule has 2 spiro atoms. The predicted octanol–water partition coefficient (Wildman–Crippen LogP) is 23.5. The van der Waals surface area contributed by atoms with Gasteiger partial charge in [0.2, 0.25) is 0 Å². The Labute approximate surface area is 546 Å². The van der Waals surface area contributed by atoms with Crippen molar-refractivity contribution in [3.8, 4) is 83.6 Å². The number of rotatable bonds is 7. The van der Waals surface area contributed by atoms with E-state index in [1.54, 1.807) is 0 Å². The third-order valence-electron chi connectivity index (χ3n) is 21.6. The molecule has 4 aliphatic rings. The molecule has 2 nitrogen and oxygen atoms in total. The summed E-state index contributed by atoms with van der Waals surface area (Å²) in [5.41, 5.74) is 34.6. The van der Waals surface area contributed by atoms with Crippen LogP contribution in [-0.4, -0.2) is 10.8 Å². The first-order chi connectivity index (χ1) is 46.4. The number of aliphatic imine (C=N–C) groups is 1. The SMILES string of the molecule is C=C(C=Nc1c(C)c2cc(-c3ccc4c(c3)C3(c5ccccc5-c5ccccc53)c3ccccc3-4)ccc2c2ccc(-c3ccc4c(c3)C3(c5ccccc5-c5ccccc53)c3ccccc3-4)cc12)c1cccc(-c2ccc3c(c2)c2ccccc2n3-c2ccccc2)c1. The molecule has 16 aromatic rings. The molecule has 0 saturated carbocycles. The van der Waals surface area contributed by atoms with Crippen LogP contribution >= 0.6 is 0 Å². The maximum absolute atomic E-state index is 5.63. The monoisotopic (exact) mass is 1190 g/mol. The number of nitrogens with zero attached hydrogens (tertiary/aromatic N) is 2. The summed E-state index contributed by atoms with van der Waals surface area (Å²) in [5, 5.41) is 7.08. The van der Waals surface area contributed by atoms with E-state index in [0.29, 0.717) is 0 Å². The number of fused-ring (bicyclic) bond motifs is 26. The first-order valence-corrected chi connectivity index (χ1v) is 32.8.